The Bertz CT molecular complexity index is 948. The number of hydrogen-bond donors (Lipinski definition) is 0. The summed E-state index contributed by atoms with van der Waals surface area (Å²) >= 11 is 0. The minimum Gasteiger partial charge on any atom is -0.298 e. The largest absolute Gasteiger partial charge is 0.298 e. The highest BCUT2D eigenvalue weighted by atomic mass is 16.1. The van der Waals surface area contributed by atoms with Crippen LogP contribution in [0.4, 0.5) is 0 Å². The molecule has 140 valence electrons. The maximum Gasteiger partial charge on any atom is 0.266 e. The lowest BCUT2D eigenvalue weighted by atomic mass is 10.2. The van der Waals surface area contributed by atoms with Crippen molar-refractivity contribution in [2.75, 3.05) is 13.1 Å². The minimum atomic E-state index is -0.0497. The molecule has 0 aromatic carbocycles. The number of likely N-dealkylation sites (tertiary alicyclic amines) is 1. The van der Waals surface area contributed by atoms with Crippen LogP contribution in [0.3, 0.4) is 0 Å². The van der Waals surface area contributed by atoms with Crippen molar-refractivity contribution in [3.8, 4) is 11.3 Å². The van der Waals surface area contributed by atoms with E-state index in [0.29, 0.717) is 12.6 Å². The van der Waals surface area contributed by atoms with E-state index in [2.05, 4.69) is 26.1 Å². The second kappa shape index (κ2) is 7.84. The number of nitrogens with zero attached hydrogens (tertiary/aromatic N) is 6. The van der Waals surface area contributed by atoms with E-state index in [1.165, 1.54) is 5.69 Å². The van der Waals surface area contributed by atoms with Gasteiger partial charge in [-0.15, -0.1) is 0 Å². The molecule has 0 N–H and O–H groups in total. The molecule has 0 bridgehead atoms. The normalized spacial score (nSPS) is 17.4. The zero-order valence-corrected chi connectivity index (χ0v) is 15.5. The number of aryl methyl sites for hydroxylation is 1. The van der Waals surface area contributed by atoms with Gasteiger partial charge in [0.2, 0.25) is 0 Å². The molecule has 1 atom stereocenters. The second-order valence-electron chi connectivity index (χ2n) is 7.00. The van der Waals surface area contributed by atoms with Crippen LogP contribution >= 0.6 is 0 Å². The average molecular weight is 364 g/mol. The van der Waals surface area contributed by atoms with Gasteiger partial charge < -0.3 is 0 Å². The molecule has 0 saturated carbocycles. The molecule has 3 aromatic heterocycles. The third-order valence-electron chi connectivity index (χ3n) is 5.30. The second-order valence-corrected chi connectivity index (χ2v) is 7.00. The van der Waals surface area contributed by atoms with Gasteiger partial charge in [-0.2, -0.15) is 10.2 Å². The van der Waals surface area contributed by atoms with Crippen LogP contribution in [0.1, 0.15) is 18.5 Å². The Balaban J connectivity index is 1.47. The first kappa shape index (κ1) is 17.6. The summed E-state index contributed by atoms with van der Waals surface area (Å²) in [6.07, 6.45) is 8.54. The van der Waals surface area contributed by atoms with Gasteiger partial charge in [0.05, 0.1) is 12.2 Å². The molecule has 3 aromatic rings. The van der Waals surface area contributed by atoms with Crippen LogP contribution in [0.25, 0.3) is 11.3 Å². The lowest BCUT2D eigenvalue weighted by Gasteiger charge is -2.24. The number of aromatic nitrogens is 5. The third kappa shape index (κ3) is 3.98. The Morgan fingerprint density at radius 2 is 1.96 bits per heavy atom. The molecule has 1 unspecified atom stereocenters. The van der Waals surface area contributed by atoms with E-state index in [1.54, 1.807) is 29.2 Å². The minimum absolute atomic E-state index is 0.0497. The van der Waals surface area contributed by atoms with Crippen molar-refractivity contribution < 1.29 is 0 Å². The molecule has 4 heterocycles. The van der Waals surface area contributed by atoms with E-state index in [9.17, 15) is 4.79 Å². The maximum absolute atomic E-state index is 12.3. The molecule has 0 aliphatic carbocycles. The van der Waals surface area contributed by atoms with Crippen LogP contribution in [0, 0.1) is 0 Å². The number of pyridine rings is 1. The summed E-state index contributed by atoms with van der Waals surface area (Å²) in [6.45, 7) is 2.67. The van der Waals surface area contributed by atoms with E-state index >= 15 is 0 Å². The molecular weight excluding hydrogens is 340 g/mol. The molecule has 0 amide bonds. The smallest absolute Gasteiger partial charge is 0.266 e. The van der Waals surface area contributed by atoms with Gasteiger partial charge in [-0.25, -0.2) is 4.68 Å². The van der Waals surface area contributed by atoms with E-state index in [0.717, 1.165) is 43.6 Å². The highest BCUT2D eigenvalue weighted by molar-refractivity contribution is 5.56. The first-order chi connectivity index (χ1) is 13.2. The predicted octanol–water partition coefficient (Wildman–Crippen LogP) is 1.75. The standard InChI is InChI=1S/C20H24N6O/c1-24-17(8-12-22-24)9-14-25-13-2-3-18(25)15-26-20(27)5-4-19(23-26)16-6-10-21-11-7-16/h4-8,10-12,18H,2-3,9,13-15H2,1H3. The Morgan fingerprint density at radius 3 is 2.74 bits per heavy atom. The first-order valence-electron chi connectivity index (χ1n) is 9.40. The Labute approximate surface area is 158 Å². The summed E-state index contributed by atoms with van der Waals surface area (Å²) in [7, 11) is 1.98. The first-order valence-corrected chi connectivity index (χ1v) is 9.40. The van der Waals surface area contributed by atoms with Gasteiger partial charge in [0.1, 0.15) is 0 Å². The fourth-order valence-electron chi connectivity index (χ4n) is 3.76. The quantitative estimate of drug-likeness (QED) is 0.666. The van der Waals surface area contributed by atoms with Crippen LogP contribution < -0.4 is 5.56 Å². The molecule has 1 saturated heterocycles. The van der Waals surface area contributed by atoms with Crippen molar-refractivity contribution >= 4 is 0 Å². The Morgan fingerprint density at radius 1 is 1.11 bits per heavy atom. The zero-order chi connectivity index (χ0) is 18.6. The van der Waals surface area contributed by atoms with Crippen LogP contribution in [0.2, 0.25) is 0 Å². The van der Waals surface area contributed by atoms with E-state index < -0.39 is 0 Å². The molecule has 7 nitrogen and oxygen atoms in total. The Hall–Kier alpha value is -2.80. The van der Waals surface area contributed by atoms with Crippen molar-refractivity contribution in [3.05, 3.63) is 65.0 Å². The van der Waals surface area contributed by atoms with Gasteiger partial charge in [0.15, 0.2) is 0 Å². The van der Waals surface area contributed by atoms with Crippen molar-refractivity contribution in [1.29, 1.82) is 0 Å². The molecule has 1 fully saturated rings. The van der Waals surface area contributed by atoms with Crippen LogP contribution in [0.5, 0.6) is 0 Å². The zero-order valence-electron chi connectivity index (χ0n) is 15.5. The molecule has 27 heavy (non-hydrogen) atoms. The SMILES string of the molecule is Cn1nccc1CCN1CCCC1Cn1nc(-c2ccncc2)ccc1=O. The summed E-state index contributed by atoms with van der Waals surface area (Å²) in [5.74, 6) is 0. The van der Waals surface area contributed by atoms with E-state index in [-0.39, 0.29) is 5.56 Å². The van der Waals surface area contributed by atoms with Gasteiger partial charge in [-0.1, -0.05) is 0 Å². The van der Waals surface area contributed by atoms with Gasteiger partial charge >= 0.3 is 0 Å². The van der Waals surface area contributed by atoms with Crippen molar-refractivity contribution in [2.45, 2.75) is 31.8 Å². The monoisotopic (exact) mass is 364 g/mol. The molecule has 4 rings (SSSR count). The van der Waals surface area contributed by atoms with Gasteiger partial charge in [0.25, 0.3) is 5.56 Å². The fourth-order valence-corrected chi connectivity index (χ4v) is 3.76. The lowest BCUT2D eigenvalue weighted by molar-refractivity contribution is 0.226. The van der Waals surface area contributed by atoms with Crippen molar-refractivity contribution in [3.63, 3.8) is 0 Å². The molecule has 1 aliphatic heterocycles. The molecular formula is C20H24N6O. The predicted molar refractivity (Wildman–Crippen MR) is 103 cm³/mol. The highest BCUT2D eigenvalue weighted by Gasteiger charge is 2.25. The van der Waals surface area contributed by atoms with Gasteiger partial charge in [0, 0.05) is 62.0 Å². The summed E-state index contributed by atoms with van der Waals surface area (Å²) in [5, 5.41) is 8.84. The summed E-state index contributed by atoms with van der Waals surface area (Å²) in [4.78, 5) is 18.9. The molecule has 0 spiro atoms. The summed E-state index contributed by atoms with van der Waals surface area (Å²) < 4.78 is 3.54. The summed E-state index contributed by atoms with van der Waals surface area (Å²) in [5.41, 5.74) is 2.96. The van der Waals surface area contributed by atoms with Crippen LogP contribution in [-0.2, 0) is 20.0 Å². The van der Waals surface area contributed by atoms with E-state index in [1.807, 2.05) is 30.1 Å². The molecule has 1 aliphatic rings. The van der Waals surface area contributed by atoms with E-state index in [4.69, 9.17) is 0 Å². The molecule has 0 radical (unpaired) electrons. The van der Waals surface area contributed by atoms with Gasteiger partial charge in [-0.3, -0.25) is 19.4 Å². The Kier molecular flexibility index (Phi) is 5.11. The number of rotatable bonds is 6. The fraction of sp³-hybridized carbons (Fsp3) is 0.400. The van der Waals surface area contributed by atoms with Crippen LogP contribution in [0.15, 0.2) is 53.7 Å². The van der Waals surface area contributed by atoms with Crippen LogP contribution in [-0.4, -0.2) is 48.6 Å². The van der Waals surface area contributed by atoms with Gasteiger partial charge in [-0.05, 0) is 43.7 Å². The maximum atomic E-state index is 12.3. The number of hydrogen-bond acceptors (Lipinski definition) is 5. The highest BCUT2D eigenvalue weighted by Crippen LogP contribution is 2.19. The topological polar surface area (TPSA) is 68.8 Å². The van der Waals surface area contributed by atoms with Crippen molar-refractivity contribution in [2.24, 2.45) is 7.05 Å². The average Bonchev–Trinajstić information content (AvgIpc) is 3.31. The lowest BCUT2D eigenvalue weighted by Crippen LogP contribution is -2.38. The van der Waals surface area contributed by atoms with Crippen molar-refractivity contribution in [1.82, 2.24) is 29.4 Å². The summed E-state index contributed by atoms with van der Waals surface area (Å²) in [6, 6.07) is 9.62. The molecule has 7 heteroatoms. The third-order valence-corrected chi connectivity index (χ3v) is 5.30.